The van der Waals surface area contributed by atoms with Crippen LogP contribution in [-0.2, 0) is 19.6 Å². The van der Waals surface area contributed by atoms with Gasteiger partial charge in [-0.15, -0.1) is 0 Å². The monoisotopic (exact) mass is 503 g/mol. The molecule has 0 bridgehead atoms. The van der Waals surface area contributed by atoms with Gasteiger partial charge in [0.05, 0.1) is 5.69 Å². The van der Waals surface area contributed by atoms with Crippen molar-refractivity contribution >= 4 is 11.2 Å². The summed E-state index contributed by atoms with van der Waals surface area (Å²) in [6, 6.07) is 13.6. The minimum Gasteiger partial charge on any atom is -0.474 e. The van der Waals surface area contributed by atoms with Gasteiger partial charge >= 0.3 is 5.69 Å². The van der Waals surface area contributed by atoms with Crippen LogP contribution in [0.1, 0.15) is 44.4 Å². The van der Waals surface area contributed by atoms with Gasteiger partial charge in [-0.05, 0) is 50.7 Å². The van der Waals surface area contributed by atoms with Crippen molar-refractivity contribution < 1.29 is 9.84 Å². The summed E-state index contributed by atoms with van der Waals surface area (Å²) < 4.78 is 10.7. The maximum Gasteiger partial charge on any atom is 0.332 e. The molecule has 0 amide bonds. The van der Waals surface area contributed by atoms with Crippen molar-refractivity contribution in [1.82, 2.24) is 23.7 Å². The van der Waals surface area contributed by atoms with Crippen LogP contribution in [0.15, 0.2) is 52.1 Å². The van der Waals surface area contributed by atoms with Crippen molar-refractivity contribution in [2.24, 2.45) is 5.92 Å². The first-order chi connectivity index (χ1) is 17.9. The number of aromatic nitrogens is 5. The molecular weight excluding hydrogens is 470 g/mol. The number of fused-ring (bicyclic) bond motifs is 1. The number of ether oxygens (including phenoxy) is 1. The lowest BCUT2D eigenvalue weighted by atomic mass is 9.84. The lowest BCUT2D eigenvalue weighted by Gasteiger charge is -2.32. The molecule has 0 saturated heterocycles. The molecule has 5 rings (SSSR count). The van der Waals surface area contributed by atoms with Crippen LogP contribution in [-0.4, -0.2) is 41.5 Å². The Morgan fingerprint density at radius 1 is 1.03 bits per heavy atom. The molecule has 1 fully saturated rings. The zero-order valence-electron chi connectivity index (χ0n) is 21.6. The minimum atomic E-state index is -0.419. The Bertz CT molecular complexity index is 1530. The minimum absolute atomic E-state index is 0.108. The third-order valence-electron chi connectivity index (χ3n) is 7.07. The molecule has 9 nitrogen and oxygen atoms in total. The van der Waals surface area contributed by atoms with E-state index in [2.05, 4.69) is 6.92 Å². The van der Waals surface area contributed by atoms with Crippen LogP contribution >= 0.6 is 0 Å². The first kappa shape index (κ1) is 25.0. The first-order valence-corrected chi connectivity index (χ1v) is 12.9. The standard InChI is InChI=1S/C28H33N5O4/c1-4-31-26-24(27(35)32(28(31)36)13-8-14-34)33(17-20-9-6-5-7-10-20)25(30-26)22-11-12-23(29-19(22)3)37-21-15-18(2)16-21/h5-7,9-12,18,21,34H,4,8,13-17H2,1-3H3. The number of imidazole rings is 1. The molecule has 194 valence electrons. The summed E-state index contributed by atoms with van der Waals surface area (Å²) >= 11 is 0. The lowest BCUT2D eigenvalue weighted by molar-refractivity contribution is 0.0694. The molecule has 37 heavy (non-hydrogen) atoms. The van der Waals surface area contributed by atoms with Crippen molar-refractivity contribution in [1.29, 1.82) is 0 Å². The summed E-state index contributed by atoms with van der Waals surface area (Å²) in [5.74, 6) is 1.84. The van der Waals surface area contributed by atoms with Crippen molar-refractivity contribution in [3.05, 3.63) is 74.6 Å². The highest BCUT2D eigenvalue weighted by Gasteiger charge is 2.28. The number of rotatable bonds is 9. The Morgan fingerprint density at radius 3 is 2.43 bits per heavy atom. The average Bonchev–Trinajstić information content (AvgIpc) is 3.22. The number of aliphatic hydroxyl groups is 1. The van der Waals surface area contributed by atoms with Gasteiger partial charge in [0.25, 0.3) is 5.56 Å². The zero-order valence-corrected chi connectivity index (χ0v) is 21.6. The summed E-state index contributed by atoms with van der Waals surface area (Å²) in [5.41, 5.74) is 2.41. The fourth-order valence-electron chi connectivity index (χ4n) is 5.06. The van der Waals surface area contributed by atoms with Gasteiger partial charge in [-0.3, -0.25) is 13.9 Å². The average molecular weight is 504 g/mol. The topological polar surface area (TPSA) is 104 Å². The van der Waals surface area contributed by atoms with E-state index in [1.54, 1.807) is 0 Å². The van der Waals surface area contributed by atoms with E-state index in [9.17, 15) is 14.7 Å². The molecule has 1 aliphatic rings. The number of pyridine rings is 1. The molecule has 0 radical (unpaired) electrons. The zero-order chi connectivity index (χ0) is 26.1. The van der Waals surface area contributed by atoms with Gasteiger partial charge in [0, 0.05) is 37.9 Å². The molecule has 9 heteroatoms. The summed E-state index contributed by atoms with van der Waals surface area (Å²) in [6.45, 7) is 6.78. The molecule has 4 aromatic rings. The molecule has 1 aliphatic carbocycles. The van der Waals surface area contributed by atoms with Crippen molar-refractivity contribution in [3.8, 4) is 17.3 Å². The quantitative estimate of drug-likeness (QED) is 0.376. The molecule has 0 aliphatic heterocycles. The summed E-state index contributed by atoms with van der Waals surface area (Å²) in [4.78, 5) is 36.4. The fraction of sp³-hybridized carbons (Fsp3) is 0.429. The highest BCUT2D eigenvalue weighted by molar-refractivity contribution is 5.78. The van der Waals surface area contributed by atoms with E-state index >= 15 is 0 Å². The van der Waals surface area contributed by atoms with Crippen LogP contribution in [0.5, 0.6) is 5.88 Å². The third kappa shape index (κ3) is 4.71. The van der Waals surface area contributed by atoms with Crippen LogP contribution in [0.4, 0.5) is 0 Å². The molecule has 0 atom stereocenters. The first-order valence-electron chi connectivity index (χ1n) is 12.9. The van der Waals surface area contributed by atoms with Crippen molar-refractivity contribution in [2.45, 2.75) is 65.8 Å². The van der Waals surface area contributed by atoms with Gasteiger partial charge in [-0.25, -0.2) is 14.8 Å². The number of benzene rings is 1. The molecule has 1 saturated carbocycles. The van der Waals surface area contributed by atoms with Crippen LogP contribution in [0.2, 0.25) is 0 Å². The summed E-state index contributed by atoms with van der Waals surface area (Å²) in [6.07, 6.45) is 2.58. The van der Waals surface area contributed by atoms with Gasteiger partial charge in [-0.2, -0.15) is 0 Å². The molecule has 1 aromatic carbocycles. The highest BCUT2D eigenvalue weighted by atomic mass is 16.5. The normalized spacial score (nSPS) is 17.2. The molecule has 0 spiro atoms. The van der Waals surface area contributed by atoms with E-state index in [4.69, 9.17) is 14.7 Å². The Morgan fingerprint density at radius 2 is 1.78 bits per heavy atom. The Hall–Kier alpha value is -3.72. The predicted molar refractivity (Wildman–Crippen MR) is 142 cm³/mol. The number of hydrogen-bond donors (Lipinski definition) is 1. The third-order valence-corrected chi connectivity index (χ3v) is 7.07. The van der Waals surface area contributed by atoms with Crippen LogP contribution < -0.4 is 16.0 Å². The maximum atomic E-state index is 13.7. The molecular formula is C28H33N5O4. The second-order valence-electron chi connectivity index (χ2n) is 9.84. The maximum absolute atomic E-state index is 13.7. The Labute approximate surface area is 215 Å². The van der Waals surface area contributed by atoms with Crippen molar-refractivity contribution in [2.75, 3.05) is 6.61 Å². The van der Waals surface area contributed by atoms with Crippen LogP contribution in [0.3, 0.4) is 0 Å². The van der Waals surface area contributed by atoms with E-state index in [1.165, 1.54) is 9.13 Å². The van der Waals surface area contributed by atoms with Gasteiger partial charge < -0.3 is 14.4 Å². The van der Waals surface area contributed by atoms with E-state index in [0.717, 1.165) is 29.7 Å². The highest BCUT2D eigenvalue weighted by Crippen LogP contribution is 2.32. The van der Waals surface area contributed by atoms with E-state index in [-0.39, 0.29) is 19.3 Å². The summed E-state index contributed by atoms with van der Waals surface area (Å²) in [5, 5.41) is 9.33. The van der Waals surface area contributed by atoms with E-state index in [0.29, 0.717) is 48.3 Å². The van der Waals surface area contributed by atoms with Crippen LogP contribution in [0.25, 0.3) is 22.6 Å². The lowest BCUT2D eigenvalue weighted by Crippen LogP contribution is -2.40. The molecule has 0 unspecified atom stereocenters. The van der Waals surface area contributed by atoms with Gasteiger partial charge in [0.2, 0.25) is 5.88 Å². The summed E-state index contributed by atoms with van der Waals surface area (Å²) in [7, 11) is 0. The number of hydrogen-bond acceptors (Lipinski definition) is 6. The Kier molecular flexibility index (Phi) is 6.97. The predicted octanol–water partition coefficient (Wildman–Crippen LogP) is 3.36. The van der Waals surface area contributed by atoms with Gasteiger partial charge in [0.15, 0.2) is 11.2 Å². The number of aliphatic hydroxyl groups excluding tert-OH is 1. The molecule has 3 heterocycles. The largest absolute Gasteiger partial charge is 0.474 e. The van der Waals surface area contributed by atoms with E-state index < -0.39 is 11.2 Å². The number of nitrogens with zero attached hydrogens (tertiary/aromatic N) is 5. The van der Waals surface area contributed by atoms with Gasteiger partial charge in [0.1, 0.15) is 11.9 Å². The van der Waals surface area contributed by atoms with Crippen molar-refractivity contribution in [3.63, 3.8) is 0 Å². The number of aryl methyl sites for hydroxylation is 2. The fourth-order valence-corrected chi connectivity index (χ4v) is 5.06. The molecule has 1 N–H and O–H groups in total. The second-order valence-corrected chi connectivity index (χ2v) is 9.84. The molecule has 3 aromatic heterocycles. The second kappa shape index (κ2) is 10.3. The van der Waals surface area contributed by atoms with Gasteiger partial charge in [-0.1, -0.05) is 37.3 Å². The SMILES string of the molecule is CCn1c(=O)n(CCCO)c(=O)c2c1nc(-c1ccc(OC3CC(C)C3)nc1C)n2Cc1ccccc1. The van der Waals surface area contributed by atoms with Crippen LogP contribution in [0, 0.1) is 12.8 Å². The smallest absolute Gasteiger partial charge is 0.332 e. The van der Waals surface area contributed by atoms with E-state index in [1.807, 2.05) is 60.9 Å². The Balaban J connectivity index is 1.69.